The van der Waals surface area contributed by atoms with Gasteiger partial charge < -0.3 is 15.5 Å². The van der Waals surface area contributed by atoms with Crippen LogP contribution >= 0.6 is 12.4 Å². The maximum atomic E-state index is 12.4. The Balaban J connectivity index is 0.00000225. The van der Waals surface area contributed by atoms with Crippen LogP contribution in [0.15, 0.2) is 24.3 Å². The van der Waals surface area contributed by atoms with E-state index >= 15 is 0 Å². The summed E-state index contributed by atoms with van der Waals surface area (Å²) >= 11 is 0. The van der Waals surface area contributed by atoms with Gasteiger partial charge in [-0.2, -0.15) is 0 Å². The Kier molecular flexibility index (Phi) is 7.12. The van der Waals surface area contributed by atoms with Crippen molar-refractivity contribution in [1.29, 1.82) is 0 Å². The average molecular weight is 366 g/mol. The number of nitrogen functional groups attached to an aromatic ring is 1. The van der Waals surface area contributed by atoms with Crippen molar-refractivity contribution < 1.29 is 9.59 Å². The lowest BCUT2D eigenvalue weighted by Gasteiger charge is -2.32. The number of hydrogen-bond donors (Lipinski definition) is 1. The maximum absolute atomic E-state index is 12.4. The molecule has 2 fully saturated rings. The highest BCUT2D eigenvalue weighted by atomic mass is 35.5. The largest absolute Gasteiger partial charge is 0.399 e. The highest BCUT2D eigenvalue weighted by Crippen LogP contribution is 2.23. The summed E-state index contributed by atoms with van der Waals surface area (Å²) in [6.45, 7) is 3.40. The van der Waals surface area contributed by atoms with Gasteiger partial charge >= 0.3 is 0 Å². The van der Waals surface area contributed by atoms with Gasteiger partial charge in [-0.3, -0.25) is 9.59 Å². The first-order valence-electron chi connectivity index (χ1n) is 9.02. The summed E-state index contributed by atoms with van der Waals surface area (Å²) in [6, 6.07) is 7.49. The molecule has 2 amide bonds. The lowest BCUT2D eigenvalue weighted by molar-refractivity contribution is -0.133. The number of carbonyl (C=O) groups is 2. The fraction of sp³-hybridized carbons (Fsp3) is 0.579. The van der Waals surface area contributed by atoms with Crippen LogP contribution in [0, 0.1) is 5.92 Å². The van der Waals surface area contributed by atoms with Crippen molar-refractivity contribution in [2.75, 3.05) is 31.9 Å². The first kappa shape index (κ1) is 19.6. The molecule has 1 aromatic carbocycles. The van der Waals surface area contributed by atoms with Gasteiger partial charge in [-0.1, -0.05) is 12.1 Å². The van der Waals surface area contributed by atoms with Crippen molar-refractivity contribution in [2.45, 2.75) is 38.5 Å². The summed E-state index contributed by atoms with van der Waals surface area (Å²) in [6.07, 6.45) is 5.24. The molecular formula is C19H28ClN3O2. The summed E-state index contributed by atoms with van der Waals surface area (Å²) in [5, 5.41) is 0. The third-order valence-electron chi connectivity index (χ3n) is 5.22. The van der Waals surface area contributed by atoms with Gasteiger partial charge in [0.05, 0.1) is 6.42 Å². The molecule has 2 aliphatic rings. The van der Waals surface area contributed by atoms with Gasteiger partial charge in [0.25, 0.3) is 0 Å². The molecule has 3 rings (SSSR count). The molecule has 5 nitrogen and oxygen atoms in total. The number of nitrogens with zero attached hydrogens (tertiary/aromatic N) is 2. The third kappa shape index (κ3) is 5.36. The Labute approximate surface area is 155 Å². The number of nitrogens with two attached hydrogens (primary N) is 1. The number of hydrogen-bond acceptors (Lipinski definition) is 3. The van der Waals surface area contributed by atoms with Gasteiger partial charge in [0, 0.05) is 38.3 Å². The predicted octanol–water partition coefficient (Wildman–Crippen LogP) is 2.48. The minimum Gasteiger partial charge on any atom is -0.399 e. The lowest BCUT2D eigenvalue weighted by Crippen LogP contribution is -2.40. The van der Waals surface area contributed by atoms with Crippen LogP contribution in [0.2, 0.25) is 0 Å². The minimum absolute atomic E-state index is 0. The van der Waals surface area contributed by atoms with Gasteiger partial charge in [-0.15, -0.1) is 12.4 Å². The smallest absolute Gasteiger partial charge is 0.226 e. The van der Waals surface area contributed by atoms with E-state index in [1.165, 1.54) is 0 Å². The monoisotopic (exact) mass is 365 g/mol. The molecule has 25 heavy (non-hydrogen) atoms. The molecule has 2 heterocycles. The lowest BCUT2D eigenvalue weighted by atomic mass is 9.92. The standard InChI is InChI=1S/C19H27N3O2.ClH/c20-17-5-3-15(4-6-17)13-19(24)22-11-7-16(8-12-22)14-18(23)21-9-1-2-10-21;/h3-6,16H,1-2,7-14,20H2;1H. The van der Waals surface area contributed by atoms with E-state index in [-0.39, 0.29) is 18.3 Å². The summed E-state index contributed by atoms with van der Waals surface area (Å²) in [5.41, 5.74) is 7.39. The Morgan fingerprint density at radius 3 is 2.08 bits per heavy atom. The molecule has 1 aromatic rings. The van der Waals surface area contributed by atoms with Crippen molar-refractivity contribution in [3.8, 4) is 0 Å². The number of piperidine rings is 1. The molecule has 2 saturated heterocycles. The quantitative estimate of drug-likeness (QED) is 0.833. The molecule has 0 saturated carbocycles. The van der Waals surface area contributed by atoms with E-state index in [2.05, 4.69) is 0 Å². The molecule has 2 N–H and O–H groups in total. The Hall–Kier alpha value is -1.75. The van der Waals surface area contributed by atoms with Crippen molar-refractivity contribution in [3.05, 3.63) is 29.8 Å². The molecule has 0 unspecified atom stereocenters. The summed E-state index contributed by atoms with van der Waals surface area (Å²) in [7, 11) is 0. The van der Waals surface area contributed by atoms with Crippen LogP contribution in [0.5, 0.6) is 0 Å². The number of amides is 2. The van der Waals surface area contributed by atoms with E-state index in [0.717, 1.165) is 63.1 Å². The van der Waals surface area contributed by atoms with Crippen molar-refractivity contribution >= 4 is 29.9 Å². The van der Waals surface area contributed by atoms with Crippen LogP contribution in [-0.2, 0) is 16.0 Å². The first-order chi connectivity index (χ1) is 11.6. The van der Waals surface area contributed by atoms with Crippen LogP contribution in [0.4, 0.5) is 5.69 Å². The molecule has 0 bridgehead atoms. The Bertz CT molecular complexity index is 577. The second-order valence-electron chi connectivity index (χ2n) is 7.03. The Morgan fingerprint density at radius 2 is 1.48 bits per heavy atom. The highest BCUT2D eigenvalue weighted by molar-refractivity contribution is 5.85. The van der Waals surface area contributed by atoms with Crippen LogP contribution < -0.4 is 5.73 Å². The number of carbonyl (C=O) groups excluding carboxylic acids is 2. The summed E-state index contributed by atoms with van der Waals surface area (Å²) in [5.74, 6) is 0.905. The SMILES string of the molecule is Cl.Nc1ccc(CC(=O)N2CCC(CC(=O)N3CCCC3)CC2)cc1. The third-order valence-corrected chi connectivity index (χ3v) is 5.22. The molecular weight excluding hydrogens is 338 g/mol. The highest BCUT2D eigenvalue weighted by Gasteiger charge is 2.26. The van der Waals surface area contributed by atoms with Crippen LogP contribution in [0.1, 0.15) is 37.7 Å². The van der Waals surface area contributed by atoms with E-state index in [0.29, 0.717) is 24.7 Å². The zero-order valence-corrected chi connectivity index (χ0v) is 15.5. The molecule has 0 aliphatic carbocycles. The van der Waals surface area contributed by atoms with Gasteiger partial charge in [0.15, 0.2) is 0 Å². The zero-order valence-electron chi connectivity index (χ0n) is 14.7. The van der Waals surface area contributed by atoms with Crippen molar-refractivity contribution in [3.63, 3.8) is 0 Å². The molecule has 138 valence electrons. The number of benzene rings is 1. The molecule has 0 radical (unpaired) electrons. The molecule has 2 aliphatic heterocycles. The van der Waals surface area contributed by atoms with Crippen LogP contribution in [0.3, 0.4) is 0 Å². The number of halogens is 1. The first-order valence-corrected chi connectivity index (χ1v) is 9.02. The number of rotatable bonds is 4. The maximum Gasteiger partial charge on any atom is 0.226 e. The Morgan fingerprint density at radius 1 is 0.920 bits per heavy atom. The predicted molar refractivity (Wildman–Crippen MR) is 102 cm³/mol. The minimum atomic E-state index is 0. The number of anilines is 1. The zero-order chi connectivity index (χ0) is 16.9. The summed E-state index contributed by atoms with van der Waals surface area (Å²) in [4.78, 5) is 28.6. The molecule has 0 atom stereocenters. The van der Waals surface area contributed by atoms with E-state index < -0.39 is 0 Å². The van der Waals surface area contributed by atoms with Crippen molar-refractivity contribution in [1.82, 2.24) is 9.80 Å². The van der Waals surface area contributed by atoms with Crippen LogP contribution in [-0.4, -0.2) is 47.8 Å². The summed E-state index contributed by atoms with van der Waals surface area (Å²) < 4.78 is 0. The fourth-order valence-corrected chi connectivity index (χ4v) is 3.65. The number of likely N-dealkylation sites (tertiary alicyclic amines) is 2. The van der Waals surface area contributed by atoms with Gasteiger partial charge in [-0.25, -0.2) is 0 Å². The molecule has 0 spiro atoms. The van der Waals surface area contributed by atoms with Crippen LogP contribution in [0.25, 0.3) is 0 Å². The van der Waals surface area contributed by atoms with E-state index in [9.17, 15) is 9.59 Å². The second kappa shape index (κ2) is 9.09. The second-order valence-corrected chi connectivity index (χ2v) is 7.03. The van der Waals surface area contributed by atoms with Gasteiger partial charge in [-0.05, 0) is 49.3 Å². The fourth-order valence-electron chi connectivity index (χ4n) is 3.65. The normalized spacial score (nSPS) is 18.1. The van der Waals surface area contributed by atoms with E-state index in [1.54, 1.807) is 0 Å². The molecule has 0 aromatic heterocycles. The van der Waals surface area contributed by atoms with Gasteiger partial charge in [0.1, 0.15) is 0 Å². The molecule has 6 heteroatoms. The van der Waals surface area contributed by atoms with Gasteiger partial charge in [0.2, 0.25) is 11.8 Å². The average Bonchev–Trinajstić information content (AvgIpc) is 3.12. The van der Waals surface area contributed by atoms with Crippen molar-refractivity contribution in [2.24, 2.45) is 5.92 Å². The van der Waals surface area contributed by atoms with E-state index in [1.807, 2.05) is 34.1 Å². The van der Waals surface area contributed by atoms with E-state index in [4.69, 9.17) is 5.73 Å². The topological polar surface area (TPSA) is 66.6 Å².